The fourth-order valence-corrected chi connectivity index (χ4v) is 4.61. The fraction of sp³-hybridized carbons (Fsp3) is 0.435. The van der Waals surface area contributed by atoms with Crippen LogP contribution < -0.4 is 15.6 Å². The number of nitrogens with one attached hydrogen (secondary N) is 1. The Bertz CT molecular complexity index is 1280. The molecule has 0 bridgehead atoms. The molecule has 4 rings (SSSR count). The van der Waals surface area contributed by atoms with Gasteiger partial charge in [-0.1, -0.05) is 11.6 Å². The zero-order chi connectivity index (χ0) is 23.9. The number of benzene rings is 1. The molecule has 7 nitrogen and oxygen atoms in total. The topological polar surface area (TPSA) is 76.5 Å². The zero-order valence-corrected chi connectivity index (χ0v) is 19.4. The first-order valence-electron chi connectivity index (χ1n) is 10.7. The number of carbonyl (C=O) groups is 1. The van der Waals surface area contributed by atoms with Crippen LogP contribution in [-0.2, 0) is 16.1 Å². The second kappa shape index (κ2) is 8.78. The number of rotatable bonds is 7. The third-order valence-corrected chi connectivity index (χ3v) is 6.08. The number of anilines is 2. The van der Waals surface area contributed by atoms with Gasteiger partial charge in [-0.25, -0.2) is 13.8 Å². The first-order valence-corrected chi connectivity index (χ1v) is 11.1. The molecular weight excluding hydrogens is 454 g/mol. The lowest BCUT2D eigenvalue weighted by Gasteiger charge is -2.35. The van der Waals surface area contributed by atoms with E-state index in [2.05, 4.69) is 10.3 Å². The Labute approximate surface area is 194 Å². The van der Waals surface area contributed by atoms with Gasteiger partial charge in [0.05, 0.1) is 28.2 Å². The van der Waals surface area contributed by atoms with E-state index in [4.69, 9.17) is 16.3 Å². The standard InChI is InChI=1S/C23H25ClF2N4O3/c1-4-33-18(31)12-30-19-14(5-7-16(24)20(19)29(2)3)21(32)15-6-8-17(28-22(15)30)27-11-13-9-23(25,26)10-13/h5-8,13H,4,9-12H2,1-3H3,(H,27,28). The molecule has 1 aliphatic carbocycles. The molecule has 2 heterocycles. The van der Waals surface area contributed by atoms with Gasteiger partial charge in [-0.2, -0.15) is 0 Å². The van der Waals surface area contributed by atoms with Gasteiger partial charge >= 0.3 is 5.97 Å². The summed E-state index contributed by atoms with van der Waals surface area (Å²) in [6.07, 6.45) is -0.313. The molecule has 1 aromatic carbocycles. The molecule has 1 N–H and O–H groups in total. The number of halogens is 3. The Morgan fingerprint density at radius 2 is 1.97 bits per heavy atom. The van der Waals surface area contributed by atoms with Crippen molar-refractivity contribution in [2.75, 3.05) is 37.5 Å². The summed E-state index contributed by atoms with van der Waals surface area (Å²) in [6, 6.07) is 6.56. The minimum Gasteiger partial charge on any atom is -0.465 e. The van der Waals surface area contributed by atoms with Gasteiger partial charge in [0.2, 0.25) is 5.92 Å². The lowest BCUT2D eigenvalue weighted by Crippen LogP contribution is -2.39. The van der Waals surface area contributed by atoms with E-state index in [9.17, 15) is 18.4 Å². The molecular formula is C23H25ClF2N4O3. The summed E-state index contributed by atoms with van der Waals surface area (Å²) in [5, 5.41) is 4.24. The van der Waals surface area contributed by atoms with Crippen LogP contribution in [-0.4, -0.2) is 48.7 Å². The number of esters is 1. The lowest BCUT2D eigenvalue weighted by molar-refractivity contribution is -0.143. The molecule has 2 aromatic heterocycles. The van der Waals surface area contributed by atoms with Gasteiger partial charge in [0.1, 0.15) is 18.0 Å². The summed E-state index contributed by atoms with van der Waals surface area (Å²) in [5.74, 6) is -2.79. The molecule has 0 atom stereocenters. The van der Waals surface area contributed by atoms with Crippen molar-refractivity contribution in [1.29, 1.82) is 0 Å². The molecule has 0 aliphatic heterocycles. The maximum absolute atomic E-state index is 13.3. The molecule has 1 fully saturated rings. The number of pyridine rings is 2. The number of carbonyl (C=O) groups excluding carboxylic acids is 1. The molecule has 1 saturated carbocycles. The predicted octanol–water partition coefficient (Wildman–Crippen LogP) is 4.29. The Hall–Kier alpha value is -2.94. The van der Waals surface area contributed by atoms with Crippen LogP contribution in [0.3, 0.4) is 0 Å². The van der Waals surface area contributed by atoms with Crippen molar-refractivity contribution in [3.63, 3.8) is 0 Å². The first kappa shape index (κ1) is 23.2. The van der Waals surface area contributed by atoms with Crippen LogP contribution in [0.2, 0.25) is 5.02 Å². The molecule has 0 radical (unpaired) electrons. The fourth-order valence-electron chi connectivity index (χ4n) is 4.29. The largest absolute Gasteiger partial charge is 0.465 e. The summed E-state index contributed by atoms with van der Waals surface area (Å²) in [5.41, 5.74) is 1.10. The normalized spacial score (nSPS) is 15.5. The first-order chi connectivity index (χ1) is 15.6. The van der Waals surface area contributed by atoms with Crippen LogP contribution in [0, 0.1) is 5.92 Å². The number of hydrogen-bond donors (Lipinski definition) is 1. The number of fused-ring (bicyclic) bond motifs is 2. The Morgan fingerprint density at radius 3 is 2.61 bits per heavy atom. The average Bonchev–Trinajstić information content (AvgIpc) is 2.73. The van der Waals surface area contributed by atoms with Crippen LogP contribution >= 0.6 is 11.6 Å². The number of ether oxygens (including phenoxy) is 1. The Kier molecular flexibility index (Phi) is 6.18. The highest BCUT2D eigenvalue weighted by Gasteiger charge is 2.44. The molecule has 1 aliphatic rings. The third kappa shape index (κ3) is 4.46. The van der Waals surface area contributed by atoms with Gasteiger partial charge in [0, 0.05) is 38.9 Å². The number of hydrogen-bond acceptors (Lipinski definition) is 6. The molecule has 0 amide bonds. The highest BCUT2D eigenvalue weighted by atomic mass is 35.5. The van der Waals surface area contributed by atoms with Gasteiger partial charge in [-0.15, -0.1) is 0 Å². The second-order valence-corrected chi connectivity index (χ2v) is 8.89. The monoisotopic (exact) mass is 478 g/mol. The summed E-state index contributed by atoms with van der Waals surface area (Å²) in [7, 11) is 3.59. The van der Waals surface area contributed by atoms with Crippen molar-refractivity contribution < 1.29 is 18.3 Å². The molecule has 176 valence electrons. The number of aromatic nitrogens is 2. The van der Waals surface area contributed by atoms with E-state index in [1.54, 1.807) is 54.8 Å². The van der Waals surface area contributed by atoms with E-state index in [0.717, 1.165) is 0 Å². The molecule has 0 unspecified atom stereocenters. The summed E-state index contributed by atoms with van der Waals surface area (Å²) >= 11 is 6.47. The van der Waals surface area contributed by atoms with Crippen LogP contribution in [0.15, 0.2) is 29.1 Å². The van der Waals surface area contributed by atoms with Crippen molar-refractivity contribution in [2.24, 2.45) is 5.92 Å². The van der Waals surface area contributed by atoms with Crippen LogP contribution in [0.1, 0.15) is 19.8 Å². The van der Waals surface area contributed by atoms with E-state index in [1.165, 1.54) is 0 Å². The minimum absolute atomic E-state index is 0.144. The Balaban J connectivity index is 1.88. The highest BCUT2D eigenvalue weighted by molar-refractivity contribution is 6.35. The smallest absolute Gasteiger partial charge is 0.326 e. The predicted molar refractivity (Wildman–Crippen MR) is 126 cm³/mol. The van der Waals surface area contributed by atoms with Crippen molar-refractivity contribution in [2.45, 2.75) is 32.2 Å². The SMILES string of the molecule is CCOC(=O)Cn1c2nc(NCC3CC(F)(F)C3)ccc2c(=O)c2ccc(Cl)c(N(C)C)c21. The van der Waals surface area contributed by atoms with Gasteiger partial charge in [-0.3, -0.25) is 9.59 Å². The molecule has 0 saturated heterocycles. The van der Waals surface area contributed by atoms with Gasteiger partial charge in [0.15, 0.2) is 5.43 Å². The summed E-state index contributed by atoms with van der Waals surface area (Å²) in [6.45, 7) is 2.10. The maximum Gasteiger partial charge on any atom is 0.326 e. The zero-order valence-electron chi connectivity index (χ0n) is 18.6. The number of nitrogens with zero attached hydrogens (tertiary/aromatic N) is 3. The summed E-state index contributed by atoms with van der Waals surface area (Å²) in [4.78, 5) is 32.1. The van der Waals surface area contributed by atoms with Crippen LogP contribution in [0.5, 0.6) is 0 Å². The van der Waals surface area contributed by atoms with Crippen molar-refractivity contribution in [3.05, 3.63) is 39.5 Å². The van der Waals surface area contributed by atoms with E-state index < -0.39 is 11.9 Å². The minimum atomic E-state index is -2.59. The average molecular weight is 479 g/mol. The van der Waals surface area contributed by atoms with Crippen LogP contribution in [0.25, 0.3) is 21.9 Å². The van der Waals surface area contributed by atoms with Crippen molar-refractivity contribution in [1.82, 2.24) is 9.55 Å². The lowest BCUT2D eigenvalue weighted by atomic mass is 9.81. The van der Waals surface area contributed by atoms with E-state index in [0.29, 0.717) is 39.4 Å². The Morgan fingerprint density at radius 1 is 1.27 bits per heavy atom. The summed E-state index contributed by atoms with van der Waals surface area (Å²) < 4.78 is 33.1. The third-order valence-electron chi connectivity index (χ3n) is 5.78. The maximum atomic E-state index is 13.3. The van der Waals surface area contributed by atoms with Crippen molar-refractivity contribution >= 4 is 51.0 Å². The quantitative estimate of drug-likeness (QED) is 0.403. The van der Waals surface area contributed by atoms with E-state index in [1.807, 2.05) is 0 Å². The van der Waals surface area contributed by atoms with Gasteiger partial charge in [-0.05, 0) is 37.1 Å². The second-order valence-electron chi connectivity index (χ2n) is 8.49. The number of alkyl halides is 2. The highest BCUT2D eigenvalue weighted by Crippen LogP contribution is 2.42. The molecule has 10 heteroatoms. The van der Waals surface area contributed by atoms with Crippen molar-refractivity contribution in [3.8, 4) is 0 Å². The van der Waals surface area contributed by atoms with Gasteiger partial charge < -0.3 is 19.5 Å². The van der Waals surface area contributed by atoms with E-state index in [-0.39, 0.29) is 43.0 Å². The molecule has 3 aromatic rings. The van der Waals surface area contributed by atoms with Crippen LogP contribution in [0.4, 0.5) is 20.3 Å². The van der Waals surface area contributed by atoms with E-state index >= 15 is 0 Å². The van der Waals surface area contributed by atoms with Gasteiger partial charge in [0.25, 0.3) is 0 Å². The molecule has 0 spiro atoms. The molecule has 33 heavy (non-hydrogen) atoms.